The topological polar surface area (TPSA) is 43.9 Å². The first-order valence-corrected chi connectivity index (χ1v) is 14.0. The van der Waals surface area contributed by atoms with Crippen molar-refractivity contribution < 1.29 is 4.42 Å². The molecule has 0 saturated heterocycles. The third kappa shape index (κ3) is 3.91. The molecule has 0 radical (unpaired) electrons. The summed E-state index contributed by atoms with van der Waals surface area (Å²) in [5, 5.41) is 2.21. The van der Waals surface area contributed by atoms with Crippen LogP contribution in [-0.2, 0) is 0 Å². The number of aromatic nitrogens is 3. The Balaban J connectivity index is 1.55. The van der Waals surface area contributed by atoms with Crippen LogP contribution in [0.2, 0.25) is 0 Å². The minimum Gasteiger partial charge on any atom is -0.456 e. The normalized spacial score (nSPS) is 11.9. The van der Waals surface area contributed by atoms with Gasteiger partial charge in [0.15, 0.2) is 0 Å². The van der Waals surface area contributed by atoms with Crippen molar-refractivity contribution in [3.8, 4) is 28.2 Å². The van der Waals surface area contributed by atoms with Crippen LogP contribution in [0.3, 0.4) is 0 Å². The number of furan rings is 1. The van der Waals surface area contributed by atoms with Crippen molar-refractivity contribution in [1.82, 2.24) is 14.5 Å². The highest BCUT2D eigenvalue weighted by Gasteiger charge is 2.24. The molecule has 196 valence electrons. The molecule has 7 rings (SSSR count). The van der Waals surface area contributed by atoms with Gasteiger partial charge in [0.05, 0.1) is 22.9 Å². The van der Waals surface area contributed by atoms with E-state index in [0.717, 1.165) is 44.4 Å². The fourth-order valence-electron chi connectivity index (χ4n) is 5.82. The summed E-state index contributed by atoms with van der Waals surface area (Å²) >= 11 is 0. The molecule has 0 bridgehead atoms. The van der Waals surface area contributed by atoms with E-state index in [0.29, 0.717) is 11.8 Å². The van der Waals surface area contributed by atoms with E-state index in [-0.39, 0.29) is 0 Å². The second-order valence-electron chi connectivity index (χ2n) is 11.1. The predicted octanol–water partition coefficient (Wildman–Crippen LogP) is 9.90. The maximum absolute atomic E-state index is 6.14. The van der Waals surface area contributed by atoms with Gasteiger partial charge in [-0.2, -0.15) is 0 Å². The van der Waals surface area contributed by atoms with Gasteiger partial charge in [-0.1, -0.05) is 76.2 Å². The molecule has 0 fully saturated rings. The van der Waals surface area contributed by atoms with E-state index >= 15 is 0 Å². The molecule has 0 aliphatic carbocycles. The van der Waals surface area contributed by atoms with E-state index < -0.39 is 0 Å². The fraction of sp³-hybridized carbons (Fsp3) is 0.167. The Morgan fingerprint density at radius 1 is 0.650 bits per heavy atom. The molecular weight excluding hydrogens is 490 g/mol. The Morgan fingerprint density at radius 2 is 1.35 bits per heavy atom. The van der Waals surface area contributed by atoms with E-state index in [1.165, 1.54) is 27.9 Å². The van der Waals surface area contributed by atoms with Gasteiger partial charge in [0.2, 0.25) is 0 Å². The lowest BCUT2D eigenvalue weighted by Crippen LogP contribution is -2.09. The molecule has 4 heteroatoms. The van der Waals surface area contributed by atoms with Gasteiger partial charge in [0.1, 0.15) is 17.0 Å². The van der Waals surface area contributed by atoms with Crippen LogP contribution in [0.5, 0.6) is 0 Å². The maximum Gasteiger partial charge on any atom is 0.145 e. The number of hydrogen-bond acceptors (Lipinski definition) is 3. The lowest BCUT2D eigenvalue weighted by atomic mass is 9.88. The van der Waals surface area contributed by atoms with Crippen molar-refractivity contribution in [3.63, 3.8) is 0 Å². The minimum absolute atomic E-state index is 0.304. The molecule has 0 saturated carbocycles. The standard InChI is InChI=1S/C36H31N3O/c1-22(2)28-19-26(24-10-6-5-7-11-24)20-29(23(3)4)35(28)39-32-21-37-17-16-31(32)38-36(39)25-14-15-34-30(18-25)27-12-8-9-13-33(27)40-34/h5-23H,1-4H3. The Labute approximate surface area is 233 Å². The van der Waals surface area contributed by atoms with Gasteiger partial charge in [-0.3, -0.25) is 9.55 Å². The van der Waals surface area contributed by atoms with Gasteiger partial charge in [-0.05, 0) is 76.6 Å². The number of pyridine rings is 1. The second-order valence-corrected chi connectivity index (χ2v) is 11.1. The maximum atomic E-state index is 6.14. The zero-order chi connectivity index (χ0) is 27.4. The van der Waals surface area contributed by atoms with Crippen LogP contribution in [0.25, 0.3) is 61.2 Å². The Bertz CT molecular complexity index is 1980. The van der Waals surface area contributed by atoms with E-state index in [2.05, 4.69) is 110 Å². The Hall–Kier alpha value is -4.70. The predicted molar refractivity (Wildman–Crippen MR) is 165 cm³/mol. The van der Waals surface area contributed by atoms with Crippen LogP contribution in [-0.4, -0.2) is 14.5 Å². The van der Waals surface area contributed by atoms with E-state index in [1.54, 1.807) is 0 Å². The van der Waals surface area contributed by atoms with Gasteiger partial charge in [0, 0.05) is 22.5 Å². The average molecular weight is 522 g/mol. The van der Waals surface area contributed by atoms with Crippen LogP contribution in [0.15, 0.2) is 108 Å². The summed E-state index contributed by atoms with van der Waals surface area (Å²) in [6, 6.07) is 32.0. The van der Waals surface area contributed by atoms with Crippen molar-refractivity contribution >= 4 is 33.0 Å². The molecule has 0 atom stereocenters. The van der Waals surface area contributed by atoms with Crippen LogP contribution in [0, 0.1) is 0 Å². The molecular formula is C36H31N3O. The number of nitrogens with zero attached hydrogens (tertiary/aromatic N) is 3. The van der Waals surface area contributed by atoms with Crippen molar-refractivity contribution in [3.05, 3.63) is 115 Å². The van der Waals surface area contributed by atoms with E-state index in [9.17, 15) is 0 Å². The summed E-state index contributed by atoms with van der Waals surface area (Å²) in [5.74, 6) is 1.52. The number of rotatable bonds is 5. The second kappa shape index (κ2) is 9.49. The van der Waals surface area contributed by atoms with Crippen LogP contribution in [0.1, 0.15) is 50.7 Å². The first-order chi connectivity index (χ1) is 19.5. The van der Waals surface area contributed by atoms with Crippen molar-refractivity contribution in [2.24, 2.45) is 0 Å². The fourth-order valence-corrected chi connectivity index (χ4v) is 5.82. The number of imidazole rings is 1. The molecule has 0 aliphatic rings. The monoisotopic (exact) mass is 521 g/mol. The first kappa shape index (κ1) is 24.3. The molecule has 3 aromatic heterocycles. The van der Waals surface area contributed by atoms with E-state index in [4.69, 9.17) is 9.40 Å². The largest absolute Gasteiger partial charge is 0.456 e. The van der Waals surface area contributed by atoms with Gasteiger partial charge in [-0.15, -0.1) is 0 Å². The SMILES string of the molecule is CC(C)c1cc(-c2ccccc2)cc(C(C)C)c1-n1c(-c2ccc3oc4ccccc4c3c2)nc2ccncc21. The molecule has 0 unspecified atom stereocenters. The zero-order valence-electron chi connectivity index (χ0n) is 23.2. The Morgan fingerprint density at radius 3 is 2.10 bits per heavy atom. The highest BCUT2D eigenvalue weighted by atomic mass is 16.3. The smallest absolute Gasteiger partial charge is 0.145 e. The summed E-state index contributed by atoms with van der Waals surface area (Å²) in [4.78, 5) is 9.73. The summed E-state index contributed by atoms with van der Waals surface area (Å²) in [7, 11) is 0. The molecule has 0 aliphatic heterocycles. The van der Waals surface area contributed by atoms with E-state index in [1.807, 2.05) is 30.6 Å². The summed E-state index contributed by atoms with van der Waals surface area (Å²) in [6.45, 7) is 9.10. The third-order valence-corrected chi connectivity index (χ3v) is 7.84. The summed E-state index contributed by atoms with van der Waals surface area (Å²) in [5.41, 5.74) is 11.0. The molecule has 0 amide bonds. The minimum atomic E-state index is 0.304. The van der Waals surface area contributed by atoms with Gasteiger partial charge in [-0.25, -0.2) is 4.98 Å². The molecule has 4 aromatic carbocycles. The van der Waals surface area contributed by atoms with Gasteiger partial charge < -0.3 is 4.42 Å². The molecule has 3 heterocycles. The van der Waals surface area contributed by atoms with Gasteiger partial charge >= 0.3 is 0 Å². The highest BCUT2D eigenvalue weighted by molar-refractivity contribution is 6.06. The number of para-hydroxylation sites is 1. The summed E-state index contributed by atoms with van der Waals surface area (Å²) < 4.78 is 8.47. The molecule has 40 heavy (non-hydrogen) atoms. The molecule has 7 aromatic rings. The number of hydrogen-bond donors (Lipinski definition) is 0. The first-order valence-electron chi connectivity index (χ1n) is 14.0. The average Bonchev–Trinajstić information content (AvgIpc) is 3.55. The Kier molecular flexibility index (Phi) is 5.78. The quantitative estimate of drug-likeness (QED) is 0.226. The number of fused-ring (bicyclic) bond motifs is 4. The molecule has 0 N–H and O–H groups in total. The lowest BCUT2D eigenvalue weighted by Gasteiger charge is -2.24. The lowest BCUT2D eigenvalue weighted by molar-refractivity contribution is 0.669. The summed E-state index contributed by atoms with van der Waals surface area (Å²) in [6.07, 6.45) is 3.76. The molecule has 0 spiro atoms. The van der Waals surface area contributed by atoms with Crippen molar-refractivity contribution in [2.75, 3.05) is 0 Å². The van der Waals surface area contributed by atoms with Crippen LogP contribution in [0.4, 0.5) is 0 Å². The zero-order valence-corrected chi connectivity index (χ0v) is 23.2. The van der Waals surface area contributed by atoms with Crippen LogP contribution >= 0.6 is 0 Å². The number of benzene rings is 4. The molecule has 4 nitrogen and oxygen atoms in total. The highest BCUT2D eigenvalue weighted by Crippen LogP contribution is 2.41. The van der Waals surface area contributed by atoms with Crippen molar-refractivity contribution in [1.29, 1.82) is 0 Å². The van der Waals surface area contributed by atoms with Gasteiger partial charge in [0.25, 0.3) is 0 Å². The van der Waals surface area contributed by atoms with Crippen LogP contribution < -0.4 is 0 Å². The third-order valence-electron chi connectivity index (χ3n) is 7.84. The van der Waals surface area contributed by atoms with Crippen molar-refractivity contribution in [2.45, 2.75) is 39.5 Å².